The number of piperidine rings is 2. The van der Waals surface area contributed by atoms with Crippen LogP contribution in [0.2, 0.25) is 0 Å². The molecule has 12 heteroatoms. The van der Waals surface area contributed by atoms with Gasteiger partial charge in [0.2, 0.25) is 11.8 Å². The highest BCUT2D eigenvalue weighted by molar-refractivity contribution is 6.58. The van der Waals surface area contributed by atoms with Gasteiger partial charge in [0.15, 0.2) is 0 Å². The first-order chi connectivity index (χ1) is 28.7. The van der Waals surface area contributed by atoms with Crippen LogP contribution in [-0.4, -0.2) is 115 Å². The smallest absolute Gasteiger partial charge is 0.488 e. The minimum absolute atomic E-state index is 0.130. The number of anilines is 1. The van der Waals surface area contributed by atoms with Gasteiger partial charge < -0.3 is 24.6 Å². The van der Waals surface area contributed by atoms with E-state index in [0.717, 1.165) is 98.0 Å². The normalized spacial score (nSPS) is 19.7. The average Bonchev–Trinajstić information content (AvgIpc) is 3.59. The van der Waals surface area contributed by atoms with Crippen LogP contribution in [-0.2, 0) is 16.1 Å². The number of fused-ring (bicyclic) bond motifs is 1. The minimum atomic E-state index is -1.50. The fourth-order valence-corrected chi connectivity index (χ4v) is 9.22. The van der Waals surface area contributed by atoms with Crippen LogP contribution >= 0.6 is 0 Å². The van der Waals surface area contributed by atoms with Gasteiger partial charge >= 0.3 is 7.12 Å². The van der Waals surface area contributed by atoms with Gasteiger partial charge in [-0.1, -0.05) is 73.7 Å². The summed E-state index contributed by atoms with van der Waals surface area (Å²) in [5.74, 6) is 0.754. The Morgan fingerprint density at radius 1 is 0.780 bits per heavy atom. The van der Waals surface area contributed by atoms with Gasteiger partial charge in [0.05, 0.1) is 0 Å². The van der Waals surface area contributed by atoms with E-state index in [2.05, 4.69) is 69.4 Å². The summed E-state index contributed by atoms with van der Waals surface area (Å²) in [6.07, 6.45) is 3.84. The molecule has 0 aliphatic carbocycles. The van der Waals surface area contributed by atoms with Gasteiger partial charge in [-0.3, -0.25) is 29.5 Å². The fourth-order valence-electron chi connectivity index (χ4n) is 9.22. The number of amides is 3. The van der Waals surface area contributed by atoms with Crippen LogP contribution in [0.15, 0.2) is 97.1 Å². The number of nitrogens with zero attached hydrogens (tertiary/aromatic N) is 4. The molecule has 0 aromatic heterocycles. The highest BCUT2D eigenvalue weighted by Gasteiger charge is 2.39. The second-order valence-corrected chi connectivity index (χ2v) is 16.3. The van der Waals surface area contributed by atoms with Gasteiger partial charge in [-0.05, 0) is 114 Å². The Kier molecular flexibility index (Phi) is 12.6. The lowest BCUT2D eigenvalue weighted by molar-refractivity contribution is -0.136. The zero-order valence-electron chi connectivity index (χ0n) is 33.9. The summed E-state index contributed by atoms with van der Waals surface area (Å²) in [4.78, 5) is 46.4. The molecule has 8 rings (SSSR count). The minimum Gasteiger partial charge on any atom is -0.492 e. The van der Waals surface area contributed by atoms with E-state index in [4.69, 9.17) is 4.74 Å². The molecular weight excluding hydrogens is 741 g/mol. The van der Waals surface area contributed by atoms with Crippen molar-refractivity contribution in [3.63, 3.8) is 0 Å². The van der Waals surface area contributed by atoms with E-state index in [-0.39, 0.29) is 24.1 Å². The number of allylic oxidation sites excluding steroid dienone is 1. The zero-order chi connectivity index (χ0) is 40.9. The Morgan fingerprint density at radius 3 is 2.14 bits per heavy atom. The molecular formula is C47H54BN5O6. The molecule has 0 unspecified atom stereocenters. The first-order valence-electron chi connectivity index (χ1n) is 21.2. The third-order valence-corrected chi connectivity index (χ3v) is 12.6. The first kappa shape index (κ1) is 40.5. The van der Waals surface area contributed by atoms with Crippen molar-refractivity contribution < 1.29 is 29.2 Å². The van der Waals surface area contributed by atoms with Crippen molar-refractivity contribution >= 4 is 47.1 Å². The molecule has 0 spiro atoms. The van der Waals surface area contributed by atoms with E-state index in [1.807, 2.05) is 42.5 Å². The molecule has 1 atom stereocenters. The topological polar surface area (TPSA) is 126 Å². The van der Waals surface area contributed by atoms with Crippen LogP contribution in [0, 0.1) is 5.92 Å². The number of ether oxygens (including phenoxy) is 1. The van der Waals surface area contributed by atoms with Crippen molar-refractivity contribution in [3.05, 3.63) is 125 Å². The van der Waals surface area contributed by atoms with Gasteiger partial charge in [-0.15, -0.1) is 0 Å². The van der Waals surface area contributed by atoms with Crippen molar-refractivity contribution in [2.24, 2.45) is 5.92 Å². The molecule has 0 saturated carbocycles. The molecule has 3 amide bonds. The first-order valence-corrected chi connectivity index (χ1v) is 21.2. The van der Waals surface area contributed by atoms with Crippen LogP contribution in [0.5, 0.6) is 5.75 Å². The van der Waals surface area contributed by atoms with Crippen molar-refractivity contribution in [2.75, 3.05) is 63.9 Å². The van der Waals surface area contributed by atoms with E-state index in [9.17, 15) is 24.4 Å². The SMILES string of the molecule is CC/C(=C(\c1ccc(OCCN2CCC(CN3CCN(c4ccc5c(c4)CN([C@H]4CCC(=O)NC4=O)C5=O)CC3)CC2)cc1)c1ccc(B(O)O)cc1)c1ccccc1. The van der Waals surface area contributed by atoms with Gasteiger partial charge in [-0.2, -0.15) is 0 Å². The molecule has 59 heavy (non-hydrogen) atoms. The van der Waals surface area contributed by atoms with Crippen LogP contribution in [0.1, 0.15) is 71.6 Å². The summed E-state index contributed by atoms with van der Waals surface area (Å²) in [7, 11) is -1.50. The number of benzene rings is 4. The van der Waals surface area contributed by atoms with E-state index >= 15 is 0 Å². The molecule has 0 radical (unpaired) electrons. The van der Waals surface area contributed by atoms with Gasteiger partial charge in [0, 0.05) is 63.5 Å². The zero-order valence-corrected chi connectivity index (χ0v) is 33.9. The van der Waals surface area contributed by atoms with Crippen LogP contribution in [0.4, 0.5) is 5.69 Å². The highest BCUT2D eigenvalue weighted by Crippen LogP contribution is 2.35. The Labute approximate surface area is 347 Å². The van der Waals surface area contributed by atoms with Gasteiger partial charge in [0.25, 0.3) is 5.91 Å². The molecule has 0 bridgehead atoms. The predicted octanol–water partition coefficient (Wildman–Crippen LogP) is 4.41. The Hall–Kier alpha value is -5.27. The lowest BCUT2D eigenvalue weighted by Gasteiger charge is -2.39. The Morgan fingerprint density at radius 2 is 1.47 bits per heavy atom. The molecule has 306 valence electrons. The maximum Gasteiger partial charge on any atom is 0.488 e. The molecule has 4 aliphatic rings. The van der Waals surface area contributed by atoms with Crippen LogP contribution in [0.3, 0.4) is 0 Å². The molecule has 3 fully saturated rings. The number of carbonyl (C=O) groups is 3. The third kappa shape index (κ3) is 9.31. The van der Waals surface area contributed by atoms with Crippen molar-refractivity contribution in [1.82, 2.24) is 20.0 Å². The molecule has 11 nitrogen and oxygen atoms in total. The summed E-state index contributed by atoms with van der Waals surface area (Å²) in [6, 6.07) is 31.7. The molecule has 4 aromatic carbocycles. The summed E-state index contributed by atoms with van der Waals surface area (Å²) in [5, 5.41) is 21.7. The molecule has 4 heterocycles. The van der Waals surface area contributed by atoms with Crippen molar-refractivity contribution in [2.45, 2.75) is 51.6 Å². The lowest BCUT2D eigenvalue weighted by atomic mass is 9.79. The maximum absolute atomic E-state index is 13.1. The molecule has 3 saturated heterocycles. The van der Waals surface area contributed by atoms with Crippen LogP contribution < -0.4 is 20.4 Å². The number of hydrogen-bond acceptors (Lipinski definition) is 9. The number of nitrogens with one attached hydrogen (secondary N) is 1. The Bertz CT molecular complexity index is 2150. The quantitative estimate of drug-likeness (QED) is 0.103. The standard InChI is InChI=1S/C47H54BN5O6/c1-2-41(34-6-4-3-5-7-34)45(35-8-12-38(13-9-35)48(57)58)36-10-15-40(16-11-36)59-29-28-50-22-20-33(21-23-50)31-51-24-26-52(27-25-51)39-14-17-42-37(30-39)32-53(47(42)56)43-18-19-44(54)49-46(43)55/h3-17,30,33,43,57-58H,2,18-29,31-32H2,1H3,(H,49,54,55)/b45-41+/t43-/m0/s1. The number of likely N-dealkylation sites (tertiary alicyclic amines) is 1. The fraction of sp³-hybridized carbons (Fsp3) is 0.383. The van der Waals surface area contributed by atoms with E-state index in [1.54, 1.807) is 17.0 Å². The summed E-state index contributed by atoms with van der Waals surface area (Å²) < 4.78 is 6.26. The number of carbonyl (C=O) groups excluding carboxylic acids is 3. The Balaban J connectivity index is 0.785. The number of piperazine rings is 1. The molecule has 3 N–H and O–H groups in total. The average molecular weight is 796 g/mol. The van der Waals surface area contributed by atoms with Crippen molar-refractivity contribution in [1.29, 1.82) is 0 Å². The van der Waals surface area contributed by atoms with Gasteiger partial charge in [0.1, 0.15) is 18.4 Å². The summed E-state index contributed by atoms with van der Waals surface area (Å²) >= 11 is 0. The van der Waals surface area contributed by atoms with E-state index in [0.29, 0.717) is 36.5 Å². The lowest BCUT2D eigenvalue weighted by Crippen LogP contribution is -2.52. The second kappa shape index (κ2) is 18.3. The summed E-state index contributed by atoms with van der Waals surface area (Å²) in [6.45, 7) is 11.3. The summed E-state index contributed by atoms with van der Waals surface area (Å²) in [5.41, 5.74) is 8.80. The number of hydrogen-bond donors (Lipinski definition) is 3. The third-order valence-electron chi connectivity index (χ3n) is 12.6. The second-order valence-electron chi connectivity index (χ2n) is 16.3. The van der Waals surface area contributed by atoms with Crippen LogP contribution in [0.25, 0.3) is 11.1 Å². The van der Waals surface area contributed by atoms with E-state index in [1.165, 1.54) is 18.4 Å². The number of imide groups is 1. The monoisotopic (exact) mass is 795 g/mol. The van der Waals surface area contributed by atoms with E-state index < -0.39 is 13.2 Å². The number of rotatable bonds is 13. The molecule has 4 aliphatic heterocycles. The maximum atomic E-state index is 13.1. The molecule has 4 aromatic rings. The van der Waals surface area contributed by atoms with Gasteiger partial charge in [-0.25, -0.2) is 0 Å². The van der Waals surface area contributed by atoms with Crippen molar-refractivity contribution in [3.8, 4) is 5.75 Å². The predicted molar refractivity (Wildman–Crippen MR) is 231 cm³/mol. The highest BCUT2D eigenvalue weighted by atomic mass is 16.5. The largest absolute Gasteiger partial charge is 0.492 e.